The molecule has 0 atom stereocenters. The average Bonchev–Trinajstić information content (AvgIpc) is 3.11. The largest absolute Gasteiger partial charge is 0.411 e. The molecule has 1 amide bonds. The summed E-state index contributed by atoms with van der Waals surface area (Å²) in [6.07, 6.45) is 3.23. The predicted octanol–water partition coefficient (Wildman–Crippen LogP) is 3.08. The number of carbonyl (C=O) groups excluding carboxylic acids is 1. The zero-order valence-corrected chi connectivity index (χ0v) is 14.4. The summed E-state index contributed by atoms with van der Waals surface area (Å²) in [6.45, 7) is 1.69. The Labute approximate surface area is 152 Å². The van der Waals surface area contributed by atoms with Crippen LogP contribution >= 0.6 is 11.8 Å². The van der Waals surface area contributed by atoms with Gasteiger partial charge in [-0.3, -0.25) is 19.9 Å². The highest BCUT2D eigenvalue weighted by molar-refractivity contribution is 7.99. The van der Waals surface area contributed by atoms with Gasteiger partial charge in [0.25, 0.3) is 10.9 Å². The van der Waals surface area contributed by atoms with Crippen molar-refractivity contribution in [3.63, 3.8) is 0 Å². The Morgan fingerprint density at radius 1 is 1.27 bits per heavy atom. The van der Waals surface area contributed by atoms with E-state index in [0.29, 0.717) is 17.1 Å². The highest BCUT2D eigenvalue weighted by atomic mass is 32.2. The van der Waals surface area contributed by atoms with Gasteiger partial charge in [-0.15, -0.1) is 10.2 Å². The lowest BCUT2D eigenvalue weighted by Gasteiger charge is -2.07. The fraction of sp³-hybridized carbons (Fsp3) is 0.125. The number of nitro groups is 1. The second-order valence-corrected chi connectivity index (χ2v) is 6.13. The van der Waals surface area contributed by atoms with Crippen LogP contribution in [0.5, 0.6) is 0 Å². The third-order valence-electron chi connectivity index (χ3n) is 3.36. The topological polar surface area (TPSA) is 124 Å². The fourth-order valence-corrected chi connectivity index (χ4v) is 2.66. The van der Waals surface area contributed by atoms with Crippen LogP contribution in [0.2, 0.25) is 0 Å². The second kappa shape index (κ2) is 7.74. The van der Waals surface area contributed by atoms with Crippen LogP contribution in [-0.2, 0) is 4.79 Å². The maximum atomic E-state index is 12.1. The number of carbonyl (C=O) groups is 1. The Bertz CT molecular complexity index is 945. The Hall–Kier alpha value is -3.27. The number of non-ortho nitro benzene ring substituents is 1. The first-order chi connectivity index (χ1) is 12.5. The van der Waals surface area contributed by atoms with E-state index in [2.05, 4.69) is 20.5 Å². The summed E-state index contributed by atoms with van der Waals surface area (Å²) in [5.74, 6) is 0.131. The average molecular weight is 371 g/mol. The summed E-state index contributed by atoms with van der Waals surface area (Å²) in [5, 5.41) is 21.5. The Morgan fingerprint density at radius 2 is 2.04 bits per heavy atom. The number of hydrogen-bond donors (Lipinski definition) is 1. The molecule has 10 heteroatoms. The molecule has 0 fully saturated rings. The maximum absolute atomic E-state index is 12.1. The van der Waals surface area contributed by atoms with Crippen LogP contribution in [-0.4, -0.2) is 31.8 Å². The van der Waals surface area contributed by atoms with E-state index in [1.165, 1.54) is 18.2 Å². The zero-order valence-electron chi connectivity index (χ0n) is 13.6. The highest BCUT2D eigenvalue weighted by Gasteiger charge is 2.13. The van der Waals surface area contributed by atoms with E-state index in [9.17, 15) is 14.9 Å². The van der Waals surface area contributed by atoms with Crippen molar-refractivity contribution in [1.82, 2.24) is 15.2 Å². The summed E-state index contributed by atoms with van der Waals surface area (Å²) in [5.41, 5.74) is 1.84. The third kappa shape index (κ3) is 4.22. The zero-order chi connectivity index (χ0) is 18.5. The van der Waals surface area contributed by atoms with Gasteiger partial charge in [-0.2, -0.15) is 0 Å². The first kappa shape index (κ1) is 17.5. The number of aromatic nitrogens is 3. The molecule has 0 aliphatic carbocycles. The molecule has 26 heavy (non-hydrogen) atoms. The number of rotatable bonds is 6. The first-order valence-corrected chi connectivity index (χ1v) is 8.43. The van der Waals surface area contributed by atoms with E-state index < -0.39 is 4.92 Å². The normalized spacial score (nSPS) is 10.5. The predicted molar refractivity (Wildman–Crippen MR) is 94.7 cm³/mol. The molecule has 3 rings (SSSR count). The molecule has 2 aromatic heterocycles. The van der Waals surface area contributed by atoms with Crippen LogP contribution in [0.1, 0.15) is 5.56 Å². The summed E-state index contributed by atoms with van der Waals surface area (Å²) < 4.78 is 5.49. The van der Waals surface area contributed by atoms with Gasteiger partial charge in [0.2, 0.25) is 11.8 Å². The number of benzene rings is 1. The van der Waals surface area contributed by atoms with Gasteiger partial charge >= 0.3 is 0 Å². The molecule has 1 N–H and O–H groups in total. The minimum atomic E-state index is -0.482. The van der Waals surface area contributed by atoms with Crippen molar-refractivity contribution in [2.75, 3.05) is 11.1 Å². The Morgan fingerprint density at radius 3 is 2.73 bits per heavy atom. The molecular formula is C16H13N5O4S. The molecule has 0 radical (unpaired) electrons. The van der Waals surface area contributed by atoms with E-state index in [4.69, 9.17) is 4.42 Å². The number of aryl methyl sites for hydroxylation is 1. The first-order valence-electron chi connectivity index (χ1n) is 7.44. The third-order valence-corrected chi connectivity index (χ3v) is 4.17. The lowest BCUT2D eigenvalue weighted by Crippen LogP contribution is -2.14. The van der Waals surface area contributed by atoms with Crippen molar-refractivity contribution in [2.24, 2.45) is 0 Å². The van der Waals surface area contributed by atoms with Crippen molar-refractivity contribution in [3.05, 3.63) is 58.4 Å². The molecule has 9 nitrogen and oxygen atoms in total. The van der Waals surface area contributed by atoms with Crippen LogP contribution in [0, 0.1) is 17.0 Å². The Kier molecular flexibility index (Phi) is 5.23. The minimum Gasteiger partial charge on any atom is -0.411 e. The number of nitro benzene ring substituents is 1. The molecule has 0 bridgehead atoms. The van der Waals surface area contributed by atoms with E-state index in [1.807, 2.05) is 0 Å². The summed E-state index contributed by atoms with van der Waals surface area (Å²) >= 11 is 1.10. The molecule has 1 aromatic carbocycles. The van der Waals surface area contributed by atoms with Gasteiger partial charge in [-0.1, -0.05) is 11.8 Å². The number of pyridine rings is 1. The quantitative estimate of drug-likeness (QED) is 0.398. The SMILES string of the molecule is Cc1cc([N+](=O)[O-])ccc1NC(=O)CSc1nnc(-c2ccncc2)o1. The lowest BCUT2D eigenvalue weighted by molar-refractivity contribution is -0.384. The number of nitrogens with zero attached hydrogens (tertiary/aromatic N) is 4. The fourth-order valence-electron chi connectivity index (χ4n) is 2.09. The number of thioether (sulfide) groups is 1. The number of hydrogen-bond acceptors (Lipinski definition) is 8. The van der Waals surface area contributed by atoms with E-state index in [1.54, 1.807) is 31.5 Å². The maximum Gasteiger partial charge on any atom is 0.277 e. The standard InChI is InChI=1S/C16H13N5O4S/c1-10-8-12(21(23)24)2-3-13(10)18-14(22)9-26-16-20-19-15(25-16)11-4-6-17-7-5-11/h2-8H,9H2,1H3,(H,18,22). The molecule has 3 aromatic rings. The van der Waals surface area contributed by atoms with Gasteiger partial charge < -0.3 is 9.73 Å². The number of amides is 1. The minimum absolute atomic E-state index is 0.0237. The lowest BCUT2D eigenvalue weighted by atomic mass is 10.2. The summed E-state index contributed by atoms with van der Waals surface area (Å²) in [4.78, 5) is 26.2. The van der Waals surface area contributed by atoms with E-state index >= 15 is 0 Å². The molecule has 132 valence electrons. The monoisotopic (exact) mass is 371 g/mol. The molecule has 0 unspecified atom stereocenters. The van der Waals surface area contributed by atoms with Crippen LogP contribution in [0.25, 0.3) is 11.5 Å². The second-order valence-electron chi connectivity index (χ2n) is 5.20. The van der Waals surface area contributed by atoms with Gasteiger partial charge in [0.05, 0.1) is 10.7 Å². The van der Waals surface area contributed by atoms with Gasteiger partial charge in [0, 0.05) is 35.8 Å². The number of nitrogens with one attached hydrogen (secondary N) is 1. The van der Waals surface area contributed by atoms with Gasteiger partial charge in [0.1, 0.15) is 0 Å². The molecule has 2 heterocycles. The molecule has 0 aliphatic rings. The molecule has 0 spiro atoms. The molecule has 0 saturated carbocycles. The van der Waals surface area contributed by atoms with E-state index in [0.717, 1.165) is 17.3 Å². The van der Waals surface area contributed by atoms with Gasteiger partial charge in [-0.25, -0.2) is 0 Å². The van der Waals surface area contributed by atoms with E-state index in [-0.39, 0.29) is 22.6 Å². The highest BCUT2D eigenvalue weighted by Crippen LogP contribution is 2.24. The number of anilines is 1. The van der Waals surface area contributed by atoms with Crippen LogP contribution in [0.3, 0.4) is 0 Å². The smallest absolute Gasteiger partial charge is 0.277 e. The van der Waals surface area contributed by atoms with Crippen molar-refractivity contribution >= 4 is 29.0 Å². The van der Waals surface area contributed by atoms with Crippen LogP contribution in [0.4, 0.5) is 11.4 Å². The summed E-state index contributed by atoms with van der Waals surface area (Å²) in [7, 11) is 0. The molecule has 0 saturated heterocycles. The van der Waals surface area contributed by atoms with Gasteiger partial charge in [0.15, 0.2) is 0 Å². The van der Waals surface area contributed by atoms with Crippen LogP contribution < -0.4 is 5.32 Å². The van der Waals surface area contributed by atoms with Crippen LogP contribution in [0.15, 0.2) is 52.4 Å². The van der Waals surface area contributed by atoms with Gasteiger partial charge in [-0.05, 0) is 30.7 Å². The van der Waals surface area contributed by atoms with Crippen molar-refractivity contribution in [3.8, 4) is 11.5 Å². The van der Waals surface area contributed by atoms with Crippen molar-refractivity contribution < 1.29 is 14.1 Å². The van der Waals surface area contributed by atoms with Crippen molar-refractivity contribution in [2.45, 2.75) is 12.1 Å². The molecular weight excluding hydrogens is 358 g/mol. The molecule has 0 aliphatic heterocycles. The summed E-state index contributed by atoms with van der Waals surface area (Å²) in [6, 6.07) is 7.73. The Balaban J connectivity index is 1.58. The van der Waals surface area contributed by atoms with Crippen molar-refractivity contribution in [1.29, 1.82) is 0 Å².